The van der Waals surface area contributed by atoms with Crippen molar-refractivity contribution in [2.45, 2.75) is 20.8 Å². The van der Waals surface area contributed by atoms with Gasteiger partial charge in [0.2, 0.25) is 0 Å². The van der Waals surface area contributed by atoms with Crippen molar-refractivity contribution in [3.8, 4) is 0 Å². The average Bonchev–Trinajstić information content (AvgIpc) is 2.63. The summed E-state index contributed by atoms with van der Waals surface area (Å²) in [6, 6.07) is 3.62. The Kier molecular flexibility index (Phi) is 3.07. The number of fused-ring (bicyclic) bond motifs is 1. The number of nitrogens with zero attached hydrogens (tertiary/aromatic N) is 2. The number of imidazole rings is 1. The third-order valence-corrected chi connectivity index (χ3v) is 2.85. The number of aromatic nitrogens is 2. The van der Waals surface area contributed by atoms with Crippen molar-refractivity contribution >= 4 is 23.2 Å². The van der Waals surface area contributed by atoms with Gasteiger partial charge in [-0.3, -0.25) is 4.40 Å². The van der Waals surface area contributed by atoms with Crippen molar-refractivity contribution in [2.24, 2.45) is 0 Å². The van der Waals surface area contributed by atoms with Crippen molar-refractivity contribution in [1.29, 1.82) is 0 Å². The molecule has 0 atom stereocenters. The van der Waals surface area contributed by atoms with Gasteiger partial charge in [0.25, 0.3) is 0 Å². The molecule has 2 heterocycles. The first-order valence-electron chi connectivity index (χ1n) is 5.37. The third-order valence-electron chi connectivity index (χ3n) is 2.56. The minimum absolute atomic E-state index is 0.328. The summed E-state index contributed by atoms with van der Waals surface area (Å²) in [6.07, 6.45) is 0. The Balaban J connectivity index is 2.74. The Hall–Kier alpha value is -1.55. The fourth-order valence-electron chi connectivity index (χ4n) is 1.78. The molecule has 5 heteroatoms. The van der Waals surface area contributed by atoms with Crippen LogP contribution < -0.4 is 0 Å². The first-order chi connectivity index (χ1) is 8.06. The Morgan fingerprint density at radius 3 is 2.82 bits per heavy atom. The summed E-state index contributed by atoms with van der Waals surface area (Å²) in [4.78, 5) is 16.2. The van der Waals surface area contributed by atoms with Gasteiger partial charge in [0, 0.05) is 0 Å². The van der Waals surface area contributed by atoms with Gasteiger partial charge in [0.05, 0.1) is 12.3 Å². The van der Waals surface area contributed by atoms with Gasteiger partial charge in [-0.05, 0) is 32.4 Å². The molecule has 0 aliphatic carbocycles. The summed E-state index contributed by atoms with van der Waals surface area (Å²) in [5.74, 6) is -0.398. The Bertz CT molecular complexity index is 590. The molecule has 0 fully saturated rings. The topological polar surface area (TPSA) is 43.6 Å². The van der Waals surface area contributed by atoms with Gasteiger partial charge in [-0.1, -0.05) is 17.7 Å². The number of halogens is 1. The molecule has 0 aliphatic rings. The van der Waals surface area contributed by atoms with Crippen LogP contribution in [0.4, 0.5) is 0 Å². The summed E-state index contributed by atoms with van der Waals surface area (Å²) in [7, 11) is 0. The summed E-state index contributed by atoms with van der Waals surface area (Å²) in [5, 5.41) is 0.453. The minimum atomic E-state index is -0.398. The fraction of sp³-hybridized carbons (Fsp3) is 0.333. The van der Waals surface area contributed by atoms with Crippen LogP contribution in [0.5, 0.6) is 0 Å². The van der Waals surface area contributed by atoms with Crippen LogP contribution in [-0.4, -0.2) is 22.0 Å². The number of esters is 1. The van der Waals surface area contributed by atoms with E-state index in [9.17, 15) is 4.79 Å². The molecule has 0 radical (unpaired) electrons. The molecular formula is C12H13ClN2O2. The molecule has 2 aromatic rings. The zero-order chi connectivity index (χ0) is 12.6. The lowest BCUT2D eigenvalue weighted by atomic mass is 10.3. The summed E-state index contributed by atoms with van der Waals surface area (Å²) < 4.78 is 6.64. The molecule has 0 N–H and O–H groups in total. The molecular weight excluding hydrogens is 240 g/mol. The number of aryl methyl sites for hydroxylation is 2. The highest BCUT2D eigenvalue weighted by Crippen LogP contribution is 2.21. The van der Waals surface area contributed by atoms with E-state index < -0.39 is 5.97 Å². The molecule has 0 aliphatic heterocycles. The van der Waals surface area contributed by atoms with E-state index in [0.29, 0.717) is 28.8 Å². The second kappa shape index (κ2) is 4.37. The summed E-state index contributed by atoms with van der Waals surface area (Å²) in [6.45, 7) is 5.79. The average molecular weight is 253 g/mol. The van der Waals surface area contributed by atoms with Crippen LogP contribution in [0.15, 0.2) is 12.1 Å². The van der Waals surface area contributed by atoms with E-state index in [1.54, 1.807) is 24.3 Å². The predicted molar refractivity (Wildman–Crippen MR) is 65.6 cm³/mol. The maximum atomic E-state index is 11.9. The van der Waals surface area contributed by atoms with Crippen molar-refractivity contribution in [2.75, 3.05) is 6.61 Å². The molecule has 0 saturated heterocycles. The van der Waals surface area contributed by atoms with Gasteiger partial charge in [-0.2, -0.15) is 0 Å². The van der Waals surface area contributed by atoms with Crippen LogP contribution in [0.25, 0.3) is 5.65 Å². The van der Waals surface area contributed by atoms with Crippen LogP contribution in [0, 0.1) is 13.8 Å². The van der Waals surface area contributed by atoms with Crippen molar-refractivity contribution in [1.82, 2.24) is 9.38 Å². The largest absolute Gasteiger partial charge is 0.461 e. The van der Waals surface area contributed by atoms with Gasteiger partial charge >= 0.3 is 5.97 Å². The number of hydrogen-bond donors (Lipinski definition) is 0. The number of carbonyl (C=O) groups is 1. The van der Waals surface area contributed by atoms with Crippen molar-refractivity contribution in [3.63, 3.8) is 0 Å². The normalized spacial score (nSPS) is 10.8. The van der Waals surface area contributed by atoms with Gasteiger partial charge < -0.3 is 4.74 Å². The van der Waals surface area contributed by atoms with E-state index in [-0.39, 0.29) is 0 Å². The van der Waals surface area contributed by atoms with E-state index >= 15 is 0 Å². The van der Waals surface area contributed by atoms with Gasteiger partial charge in [0.15, 0.2) is 5.69 Å². The molecule has 0 bridgehead atoms. The maximum absolute atomic E-state index is 11.9. The highest BCUT2D eigenvalue weighted by molar-refractivity contribution is 6.30. The van der Waals surface area contributed by atoms with Crippen LogP contribution in [-0.2, 0) is 4.74 Å². The van der Waals surface area contributed by atoms with Gasteiger partial charge in [-0.15, -0.1) is 0 Å². The Labute approximate surface area is 104 Å². The SMILES string of the molecule is CCOC(=O)c1c(C)nc2c(C)ccc(Cl)n12. The number of ether oxygens (including phenoxy) is 1. The Morgan fingerprint density at radius 2 is 2.18 bits per heavy atom. The van der Waals surface area contributed by atoms with Crippen LogP contribution in [0.2, 0.25) is 5.15 Å². The first kappa shape index (κ1) is 11.9. The zero-order valence-electron chi connectivity index (χ0n) is 9.95. The molecule has 0 saturated carbocycles. The second-order valence-corrected chi connectivity index (χ2v) is 4.15. The summed E-state index contributed by atoms with van der Waals surface area (Å²) in [5.41, 5.74) is 2.68. The lowest BCUT2D eigenvalue weighted by Gasteiger charge is -2.05. The lowest BCUT2D eigenvalue weighted by molar-refractivity contribution is 0.0517. The van der Waals surface area contributed by atoms with Gasteiger partial charge in [-0.25, -0.2) is 9.78 Å². The van der Waals surface area contributed by atoms with Gasteiger partial charge in [0.1, 0.15) is 10.8 Å². The molecule has 2 aromatic heterocycles. The highest BCUT2D eigenvalue weighted by Gasteiger charge is 2.20. The summed E-state index contributed by atoms with van der Waals surface area (Å²) >= 11 is 6.11. The maximum Gasteiger partial charge on any atom is 0.357 e. The van der Waals surface area contributed by atoms with Crippen molar-refractivity contribution in [3.05, 3.63) is 34.2 Å². The van der Waals surface area contributed by atoms with E-state index in [1.165, 1.54) is 0 Å². The van der Waals surface area contributed by atoms with Crippen LogP contribution >= 0.6 is 11.6 Å². The monoisotopic (exact) mass is 252 g/mol. The highest BCUT2D eigenvalue weighted by atomic mass is 35.5. The van der Waals surface area contributed by atoms with Crippen LogP contribution in [0.3, 0.4) is 0 Å². The van der Waals surface area contributed by atoms with Crippen molar-refractivity contribution < 1.29 is 9.53 Å². The molecule has 0 aromatic carbocycles. The number of carbonyl (C=O) groups excluding carboxylic acids is 1. The smallest absolute Gasteiger partial charge is 0.357 e. The van der Waals surface area contributed by atoms with Crippen LogP contribution in [0.1, 0.15) is 28.7 Å². The Morgan fingerprint density at radius 1 is 1.47 bits per heavy atom. The third kappa shape index (κ3) is 1.89. The molecule has 0 spiro atoms. The fourth-order valence-corrected chi connectivity index (χ4v) is 2.01. The molecule has 2 rings (SSSR count). The van der Waals surface area contributed by atoms with E-state index in [2.05, 4.69) is 4.98 Å². The molecule has 4 nitrogen and oxygen atoms in total. The van der Waals surface area contributed by atoms with E-state index in [0.717, 1.165) is 5.56 Å². The van der Waals surface area contributed by atoms with E-state index in [1.807, 2.05) is 13.0 Å². The minimum Gasteiger partial charge on any atom is -0.461 e. The first-order valence-corrected chi connectivity index (χ1v) is 5.75. The standard InChI is InChI=1S/C12H13ClN2O2/c1-4-17-12(16)10-8(3)14-11-7(2)5-6-9(13)15(10)11/h5-6H,4H2,1-3H3. The molecule has 17 heavy (non-hydrogen) atoms. The number of rotatable bonds is 2. The molecule has 0 unspecified atom stereocenters. The predicted octanol–water partition coefficient (Wildman–Crippen LogP) is 2.78. The number of pyridine rings is 1. The molecule has 0 amide bonds. The quantitative estimate of drug-likeness (QED) is 0.610. The van der Waals surface area contributed by atoms with E-state index in [4.69, 9.17) is 16.3 Å². The molecule has 90 valence electrons. The lowest BCUT2D eigenvalue weighted by Crippen LogP contribution is -2.10. The zero-order valence-corrected chi connectivity index (χ0v) is 10.7. The number of hydrogen-bond acceptors (Lipinski definition) is 3. The second-order valence-electron chi connectivity index (χ2n) is 3.76.